The zero-order valence-corrected chi connectivity index (χ0v) is 10.7. The van der Waals surface area contributed by atoms with Gasteiger partial charge in [0, 0.05) is 7.05 Å². The van der Waals surface area contributed by atoms with Crippen LogP contribution in [0.4, 0.5) is 5.69 Å². The van der Waals surface area contributed by atoms with E-state index in [2.05, 4.69) is 15.7 Å². The molecular weight excluding hydrogens is 244 g/mol. The summed E-state index contributed by atoms with van der Waals surface area (Å²) in [5.74, 6) is 0.655. The van der Waals surface area contributed by atoms with E-state index in [1.807, 2.05) is 24.3 Å². The van der Waals surface area contributed by atoms with Crippen LogP contribution in [0.15, 0.2) is 30.5 Å². The molecule has 0 unspecified atom stereocenters. The molecule has 2 N–H and O–H groups in total. The van der Waals surface area contributed by atoms with Crippen molar-refractivity contribution in [3.05, 3.63) is 41.7 Å². The van der Waals surface area contributed by atoms with Crippen molar-refractivity contribution in [1.29, 1.82) is 0 Å². The van der Waals surface area contributed by atoms with E-state index in [1.54, 1.807) is 25.0 Å². The summed E-state index contributed by atoms with van der Waals surface area (Å²) in [7, 11) is 3.37. The average molecular weight is 258 g/mol. The number of methoxy groups -OCH3 is 1. The molecule has 1 atom stereocenters. The van der Waals surface area contributed by atoms with Gasteiger partial charge in [0.1, 0.15) is 17.6 Å². The van der Waals surface area contributed by atoms with Crippen molar-refractivity contribution >= 4 is 11.6 Å². The Hall–Kier alpha value is -2.50. The monoisotopic (exact) mass is 258 g/mol. The van der Waals surface area contributed by atoms with Gasteiger partial charge in [0.15, 0.2) is 0 Å². The maximum atomic E-state index is 12.0. The van der Waals surface area contributed by atoms with Gasteiger partial charge in [0.25, 0.3) is 5.91 Å². The molecule has 0 saturated heterocycles. The summed E-state index contributed by atoms with van der Waals surface area (Å²) in [5, 5.41) is 10.2. The van der Waals surface area contributed by atoms with Crippen LogP contribution in [0.5, 0.6) is 5.75 Å². The topological polar surface area (TPSA) is 68.2 Å². The number of aryl methyl sites for hydroxylation is 1. The molecule has 0 spiro atoms. The molecule has 0 radical (unpaired) electrons. The van der Waals surface area contributed by atoms with E-state index in [4.69, 9.17) is 4.74 Å². The summed E-state index contributed by atoms with van der Waals surface area (Å²) in [6.45, 7) is 0. The molecule has 1 aliphatic rings. The summed E-state index contributed by atoms with van der Waals surface area (Å²) in [6, 6.07) is 7.56. The van der Waals surface area contributed by atoms with Crippen LogP contribution in [-0.4, -0.2) is 22.8 Å². The summed E-state index contributed by atoms with van der Waals surface area (Å²) in [5.41, 5.74) is 2.25. The lowest BCUT2D eigenvalue weighted by molar-refractivity contribution is 0.0926. The number of fused-ring (bicyclic) bond motifs is 1. The number of anilines is 1. The van der Waals surface area contributed by atoms with Crippen molar-refractivity contribution < 1.29 is 9.53 Å². The van der Waals surface area contributed by atoms with Crippen molar-refractivity contribution in [3.8, 4) is 5.75 Å². The molecule has 2 heterocycles. The fourth-order valence-electron chi connectivity index (χ4n) is 2.17. The molecule has 0 bridgehead atoms. The third kappa shape index (κ3) is 1.91. The third-order valence-corrected chi connectivity index (χ3v) is 3.18. The highest BCUT2D eigenvalue weighted by molar-refractivity contribution is 6.00. The van der Waals surface area contributed by atoms with Crippen LogP contribution < -0.4 is 15.4 Å². The molecule has 0 aliphatic carbocycles. The van der Waals surface area contributed by atoms with Crippen LogP contribution in [0.25, 0.3) is 0 Å². The van der Waals surface area contributed by atoms with Gasteiger partial charge >= 0.3 is 0 Å². The number of carbonyl (C=O) groups excluding carboxylic acids is 1. The van der Waals surface area contributed by atoms with Crippen LogP contribution in [0, 0.1) is 0 Å². The van der Waals surface area contributed by atoms with Gasteiger partial charge in [0.05, 0.1) is 19.0 Å². The second-order valence-electron chi connectivity index (χ2n) is 4.35. The van der Waals surface area contributed by atoms with E-state index < -0.39 is 0 Å². The Morgan fingerprint density at radius 1 is 1.26 bits per heavy atom. The molecule has 2 aromatic rings. The highest BCUT2D eigenvalue weighted by Crippen LogP contribution is 2.26. The lowest BCUT2D eigenvalue weighted by Gasteiger charge is -2.26. The molecule has 1 aromatic carbocycles. The van der Waals surface area contributed by atoms with Crippen molar-refractivity contribution in [2.75, 3.05) is 12.4 Å². The van der Waals surface area contributed by atoms with E-state index in [-0.39, 0.29) is 12.1 Å². The molecule has 1 aliphatic heterocycles. The van der Waals surface area contributed by atoms with Gasteiger partial charge in [-0.15, -0.1) is 0 Å². The van der Waals surface area contributed by atoms with Gasteiger partial charge in [-0.05, 0) is 17.7 Å². The maximum Gasteiger partial charge on any atom is 0.273 e. The Morgan fingerprint density at radius 2 is 2.00 bits per heavy atom. The first-order valence-electron chi connectivity index (χ1n) is 5.92. The molecule has 3 rings (SSSR count). The first-order valence-corrected chi connectivity index (χ1v) is 5.92. The number of ether oxygens (including phenoxy) is 1. The van der Waals surface area contributed by atoms with Gasteiger partial charge in [-0.2, -0.15) is 5.10 Å². The van der Waals surface area contributed by atoms with Gasteiger partial charge in [-0.25, -0.2) is 0 Å². The summed E-state index contributed by atoms with van der Waals surface area (Å²) < 4.78 is 6.67. The fraction of sp³-hybridized carbons (Fsp3) is 0.231. The number of nitrogens with one attached hydrogen (secondary N) is 2. The van der Waals surface area contributed by atoms with Crippen molar-refractivity contribution in [3.63, 3.8) is 0 Å². The van der Waals surface area contributed by atoms with E-state index in [0.29, 0.717) is 5.69 Å². The number of aromatic nitrogens is 2. The second-order valence-corrected chi connectivity index (χ2v) is 4.35. The summed E-state index contributed by atoms with van der Waals surface area (Å²) >= 11 is 0. The molecule has 19 heavy (non-hydrogen) atoms. The van der Waals surface area contributed by atoms with Crippen LogP contribution in [0.2, 0.25) is 0 Å². The molecule has 0 fully saturated rings. The molecule has 1 amide bonds. The minimum absolute atomic E-state index is 0.130. The molecule has 98 valence electrons. The highest BCUT2D eigenvalue weighted by Gasteiger charge is 2.27. The zero-order chi connectivity index (χ0) is 13.4. The Labute approximate surface area is 110 Å². The van der Waals surface area contributed by atoms with Gasteiger partial charge < -0.3 is 15.4 Å². The maximum absolute atomic E-state index is 12.0. The fourth-order valence-corrected chi connectivity index (χ4v) is 2.17. The molecular formula is C13H14N4O2. The van der Waals surface area contributed by atoms with E-state index in [9.17, 15) is 4.79 Å². The lowest BCUT2D eigenvalue weighted by Crippen LogP contribution is -2.39. The van der Waals surface area contributed by atoms with E-state index in [1.165, 1.54) is 0 Å². The normalized spacial score (nSPS) is 17.4. The summed E-state index contributed by atoms with van der Waals surface area (Å²) in [4.78, 5) is 12.0. The van der Waals surface area contributed by atoms with Gasteiger partial charge in [0.2, 0.25) is 0 Å². The number of amides is 1. The smallest absolute Gasteiger partial charge is 0.273 e. The Balaban J connectivity index is 1.90. The SMILES string of the molecule is COc1ccc([C@@H]2NC(=O)c3c(cnn3C)N2)cc1. The van der Waals surface area contributed by atoms with Crippen molar-refractivity contribution in [2.24, 2.45) is 7.05 Å². The number of rotatable bonds is 2. The number of carbonyl (C=O) groups is 1. The first kappa shape index (κ1) is 11.6. The molecule has 6 heteroatoms. The minimum atomic E-state index is -0.255. The quantitative estimate of drug-likeness (QED) is 0.851. The van der Waals surface area contributed by atoms with Crippen LogP contribution in [0.1, 0.15) is 22.2 Å². The predicted octanol–water partition coefficient (Wildman–Crippen LogP) is 1.28. The highest BCUT2D eigenvalue weighted by atomic mass is 16.5. The van der Waals surface area contributed by atoms with Crippen LogP contribution in [0.3, 0.4) is 0 Å². The van der Waals surface area contributed by atoms with E-state index in [0.717, 1.165) is 17.0 Å². The van der Waals surface area contributed by atoms with Gasteiger partial charge in [-0.3, -0.25) is 9.48 Å². The predicted molar refractivity (Wildman–Crippen MR) is 70.0 cm³/mol. The van der Waals surface area contributed by atoms with Gasteiger partial charge in [-0.1, -0.05) is 12.1 Å². The first-order chi connectivity index (χ1) is 9.19. The third-order valence-electron chi connectivity index (χ3n) is 3.18. The lowest BCUT2D eigenvalue weighted by atomic mass is 10.1. The Bertz CT molecular complexity index is 618. The van der Waals surface area contributed by atoms with E-state index >= 15 is 0 Å². The largest absolute Gasteiger partial charge is 0.497 e. The molecule has 0 saturated carbocycles. The van der Waals surface area contributed by atoms with Crippen LogP contribution >= 0.6 is 0 Å². The second kappa shape index (κ2) is 4.31. The standard InChI is InChI=1S/C13H14N4O2/c1-17-11-10(7-14-17)15-12(16-13(11)18)8-3-5-9(19-2)6-4-8/h3-7,12,15H,1-2H3,(H,16,18)/t12-/m0/s1. The number of hydrogen-bond acceptors (Lipinski definition) is 4. The average Bonchev–Trinajstić information content (AvgIpc) is 2.81. The number of benzene rings is 1. The Kier molecular flexibility index (Phi) is 2.63. The van der Waals surface area contributed by atoms with Crippen LogP contribution in [-0.2, 0) is 7.05 Å². The summed E-state index contributed by atoms with van der Waals surface area (Å²) in [6.07, 6.45) is 1.40. The van der Waals surface area contributed by atoms with Crippen molar-refractivity contribution in [1.82, 2.24) is 15.1 Å². The Morgan fingerprint density at radius 3 is 2.68 bits per heavy atom. The zero-order valence-electron chi connectivity index (χ0n) is 10.7. The molecule has 6 nitrogen and oxygen atoms in total. The number of hydrogen-bond donors (Lipinski definition) is 2. The van der Waals surface area contributed by atoms with Crippen molar-refractivity contribution in [2.45, 2.75) is 6.17 Å². The number of nitrogens with zero attached hydrogens (tertiary/aromatic N) is 2. The minimum Gasteiger partial charge on any atom is -0.497 e. The molecule has 1 aromatic heterocycles.